The molecule has 0 unspecified atom stereocenters. The molecule has 0 amide bonds. The summed E-state index contributed by atoms with van der Waals surface area (Å²) in [4.78, 5) is 24.3. The van der Waals surface area contributed by atoms with Gasteiger partial charge in [-0.15, -0.1) is 0 Å². The Hall–Kier alpha value is -1.88. The Morgan fingerprint density at radius 1 is 1.32 bits per heavy atom. The van der Waals surface area contributed by atoms with Crippen LogP contribution in [0.15, 0.2) is 18.2 Å². The van der Waals surface area contributed by atoms with Crippen LogP contribution in [-0.2, 0) is 20.7 Å². The van der Waals surface area contributed by atoms with Crippen molar-refractivity contribution in [3.63, 3.8) is 0 Å². The largest absolute Gasteiger partial charge is 0.493 e. The monoisotopic (exact) mass is 262 g/mol. The maximum Gasteiger partial charge on any atom is 0.324 e. The van der Waals surface area contributed by atoms with Crippen molar-refractivity contribution in [3.8, 4) is 5.75 Å². The molecular formula is C14H14O5. The van der Waals surface area contributed by atoms with E-state index in [9.17, 15) is 9.59 Å². The lowest BCUT2D eigenvalue weighted by Crippen LogP contribution is -2.55. The number of methoxy groups -OCH3 is 1. The van der Waals surface area contributed by atoms with Crippen LogP contribution in [0.4, 0.5) is 0 Å². The van der Waals surface area contributed by atoms with Crippen molar-refractivity contribution in [2.45, 2.75) is 6.42 Å². The first-order valence-corrected chi connectivity index (χ1v) is 6.14. The second kappa shape index (κ2) is 4.35. The third-order valence-electron chi connectivity index (χ3n) is 3.66. The summed E-state index contributed by atoms with van der Waals surface area (Å²) in [6.07, 6.45) is 0.790. The van der Waals surface area contributed by atoms with Crippen molar-refractivity contribution < 1.29 is 23.8 Å². The number of ketones is 1. The molecule has 0 radical (unpaired) electrons. The molecule has 1 aromatic rings. The van der Waals surface area contributed by atoms with Crippen LogP contribution in [0.2, 0.25) is 0 Å². The molecule has 1 fully saturated rings. The van der Waals surface area contributed by atoms with E-state index in [1.807, 2.05) is 0 Å². The molecule has 0 N–H and O–H groups in total. The lowest BCUT2D eigenvalue weighted by atomic mass is 9.78. The molecular weight excluding hydrogens is 248 g/mol. The number of Topliss-reactive ketones (excluding diaryl/α,β-unsaturated/α-hetero) is 1. The average molecular weight is 262 g/mol. The third kappa shape index (κ3) is 1.73. The van der Waals surface area contributed by atoms with Gasteiger partial charge in [-0.25, -0.2) is 0 Å². The minimum absolute atomic E-state index is 0.0894. The van der Waals surface area contributed by atoms with Crippen molar-refractivity contribution in [2.75, 3.05) is 26.9 Å². The van der Waals surface area contributed by atoms with Crippen LogP contribution in [-0.4, -0.2) is 38.7 Å². The third-order valence-corrected chi connectivity index (χ3v) is 3.66. The topological polar surface area (TPSA) is 61.8 Å². The average Bonchev–Trinajstić information content (AvgIpc) is 2.84. The summed E-state index contributed by atoms with van der Waals surface area (Å²) in [6, 6.07) is 5.27. The fourth-order valence-electron chi connectivity index (χ4n) is 2.45. The minimum Gasteiger partial charge on any atom is -0.493 e. The van der Waals surface area contributed by atoms with Crippen LogP contribution >= 0.6 is 0 Å². The number of ether oxygens (including phenoxy) is 3. The first kappa shape index (κ1) is 12.2. The van der Waals surface area contributed by atoms with Crippen molar-refractivity contribution in [1.29, 1.82) is 0 Å². The molecule has 2 aliphatic rings. The molecule has 2 aliphatic heterocycles. The van der Waals surface area contributed by atoms with Gasteiger partial charge in [0.2, 0.25) is 0 Å². The second-order valence-corrected chi connectivity index (χ2v) is 4.82. The van der Waals surface area contributed by atoms with Crippen molar-refractivity contribution in [1.82, 2.24) is 0 Å². The first-order chi connectivity index (χ1) is 9.17. The molecule has 19 heavy (non-hydrogen) atoms. The molecule has 0 atom stereocenters. The summed E-state index contributed by atoms with van der Waals surface area (Å²) in [5, 5.41) is 0. The van der Waals surface area contributed by atoms with E-state index in [0.29, 0.717) is 12.2 Å². The first-order valence-electron chi connectivity index (χ1n) is 6.14. The second-order valence-electron chi connectivity index (χ2n) is 4.82. The van der Waals surface area contributed by atoms with Gasteiger partial charge in [-0.2, -0.15) is 0 Å². The lowest BCUT2D eigenvalue weighted by molar-refractivity contribution is -0.172. The zero-order chi connectivity index (χ0) is 13.5. The molecule has 0 aliphatic carbocycles. The van der Waals surface area contributed by atoms with Gasteiger partial charge in [0.05, 0.1) is 26.9 Å². The SMILES string of the molecule is COC(=O)C1(C(=O)c2ccc3c(c2)CCO3)COC1. The van der Waals surface area contributed by atoms with E-state index < -0.39 is 11.4 Å². The molecule has 5 nitrogen and oxygen atoms in total. The number of carbonyl (C=O) groups excluding carboxylic acids is 2. The smallest absolute Gasteiger partial charge is 0.324 e. The van der Waals surface area contributed by atoms with Gasteiger partial charge in [0.1, 0.15) is 5.75 Å². The summed E-state index contributed by atoms with van der Waals surface area (Å²) >= 11 is 0. The quantitative estimate of drug-likeness (QED) is 0.462. The number of hydrogen-bond donors (Lipinski definition) is 0. The zero-order valence-corrected chi connectivity index (χ0v) is 10.6. The number of esters is 1. The highest BCUT2D eigenvalue weighted by atomic mass is 16.5. The minimum atomic E-state index is -1.16. The Kier molecular flexibility index (Phi) is 2.78. The normalized spacial score (nSPS) is 19.0. The van der Waals surface area contributed by atoms with Crippen LogP contribution in [0.25, 0.3) is 0 Å². The number of fused-ring (bicyclic) bond motifs is 1. The Morgan fingerprint density at radius 3 is 2.74 bits per heavy atom. The van der Waals surface area contributed by atoms with E-state index >= 15 is 0 Å². The number of hydrogen-bond acceptors (Lipinski definition) is 5. The molecule has 1 saturated heterocycles. The molecule has 100 valence electrons. The fourth-order valence-corrected chi connectivity index (χ4v) is 2.45. The highest BCUT2D eigenvalue weighted by Gasteiger charge is 2.54. The van der Waals surface area contributed by atoms with E-state index in [4.69, 9.17) is 14.2 Å². The van der Waals surface area contributed by atoms with Gasteiger partial charge in [-0.3, -0.25) is 9.59 Å². The van der Waals surface area contributed by atoms with Crippen molar-refractivity contribution >= 4 is 11.8 Å². The summed E-state index contributed by atoms with van der Waals surface area (Å²) in [6.45, 7) is 0.816. The van der Waals surface area contributed by atoms with E-state index in [-0.39, 0.29) is 19.0 Å². The summed E-state index contributed by atoms with van der Waals surface area (Å²) < 4.78 is 15.2. The number of rotatable bonds is 3. The number of carbonyl (C=O) groups is 2. The van der Waals surface area contributed by atoms with E-state index in [0.717, 1.165) is 17.7 Å². The summed E-state index contributed by atoms with van der Waals surface area (Å²) in [5.74, 6) is 0.0503. The van der Waals surface area contributed by atoms with Crippen LogP contribution in [0.5, 0.6) is 5.75 Å². The number of benzene rings is 1. The van der Waals surface area contributed by atoms with Crippen LogP contribution in [0.1, 0.15) is 15.9 Å². The van der Waals surface area contributed by atoms with E-state index in [2.05, 4.69) is 0 Å². The Morgan fingerprint density at radius 2 is 2.11 bits per heavy atom. The molecule has 0 aromatic heterocycles. The summed E-state index contributed by atoms with van der Waals surface area (Å²) in [7, 11) is 1.28. The Balaban J connectivity index is 1.93. The maximum atomic E-state index is 12.5. The van der Waals surface area contributed by atoms with Gasteiger partial charge >= 0.3 is 5.97 Å². The molecule has 2 heterocycles. The highest BCUT2D eigenvalue weighted by Crippen LogP contribution is 2.35. The van der Waals surface area contributed by atoms with Gasteiger partial charge in [-0.1, -0.05) is 0 Å². The van der Waals surface area contributed by atoms with E-state index in [1.165, 1.54) is 7.11 Å². The molecule has 1 aromatic carbocycles. The van der Waals surface area contributed by atoms with Gasteiger partial charge < -0.3 is 14.2 Å². The van der Waals surface area contributed by atoms with Gasteiger partial charge in [0.15, 0.2) is 11.2 Å². The molecule has 0 saturated carbocycles. The maximum absolute atomic E-state index is 12.5. The van der Waals surface area contributed by atoms with Gasteiger partial charge in [-0.05, 0) is 23.8 Å². The zero-order valence-electron chi connectivity index (χ0n) is 10.6. The van der Waals surface area contributed by atoms with Crippen LogP contribution < -0.4 is 4.74 Å². The van der Waals surface area contributed by atoms with Crippen LogP contribution in [0.3, 0.4) is 0 Å². The van der Waals surface area contributed by atoms with E-state index in [1.54, 1.807) is 18.2 Å². The van der Waals surface area contributed by atoms with Crippen LogP contribution in [0, 0.1) is 5.41 Å². The Labute approximate surface area is 110 Å². The van der Waals surface area contributed by atoms with Crippen molar-refractivity contribution in [2.24, 2.45) is 5.41 Å². The highest BCUT2D eigenvalue weighted by molar-refractivity contribution is 6.13. The predicted molar refractivity (Wildman–Crippen MR) is 65.2 cm³/mol. The van der Waals surface area contributed by atoms with Gasteiger partial charge in [0.25, 0.3) is 0 Å². The Bertz CT molecular complexity index is 545. The predicted octanol–water partition coefficient (Wildman–Crippen LogP) is 0.994. The fraction of sp³-hybridized carbons (Fsp3) is 0.429. The molecule has 5 heteroatoms. The van der Waals surface area contributed by atoms with Crippen molar-refractivity contribution in [3.05, 3.63) is 29.3 Å². The summed E-state index contributed by atoms with van der Waals surface area (Å²) in [5.41, 5.74) is 0.353. The standard InChI is InChI=1S/C14H14O5/c1-17-13(16)14(7-18-8-14)12(15)10-2-3-11-9(6-10)4-5-19-11/h2-3,6H,4-5,7-8H2,1H3. The molecule has 0 spiro atoms. The molecule has 3 rings (SSSR count). The molecule has 0 bridgehead atoms. The lowest BCUT2D eigenvalue weighted by Gasteiger charge is -2.36. The van der Waals surface area contributed by atoms with Gasteiger partial charge in [0, 0.05) is 12.0 Å².